The molecule has 6 nitrogen and oxygen atoms in total. The molecule has 6 heteroatoms. The van der Waals surface area contributed by atoms with Crippen molar-refractivity contribution in [3.63, 3.8) is 0 Å². The van der Waals surface area contributed by atoms with Gasteiger partial charge in [-0.3, -0.25) is 14.4 Å². The van der Waals surface area contributed by atoms with E-state index in [9.17, 15) is 14.4 Å². The van der Waals surface area contributed by atoms with Crippen LogP contribution in [0.25, 0.3) is 0 Å². The molecule has 0 aliphatic carbocycles. The van der Waals surface area contributed by atoms with Gasteiger partial charge in [-0.05, 0) is 89.9 Å². The summed E-state index contributed by atoms with van der Waals surface area (Å²) in [4.78, 5) is 38.4. The van der Waals surface area contributed by atoms with Gasteiger partial charge >= 0.3 is 17.9 Å². The summed E-state index contributed by atoms with van der Waals surface area (Å²) >= 11 is 0. The Labute approximate surface area is 497 Å². The van der Waals surface area contributed by atoms with Crippen LogP contribution in [0.15, 0.2) is 72.9 Å². The summed E-state index contributed by atoms with van der Waals surface area (Å²) in [5.74, 6) is -0.876. The predicted molar refractivity (Wildman–Crippen MR) is 348 cm³/mol. The van der Waals surface area contributed by atoms with Gasteiger partial charge in [0.1, 0.15) is 13.2 Å². The number of rotatable bonds is 64. The van der Waals surface area contributed by atoms with Crippen molar-refractivity contribution in [2.24, 2.45) is 0 Å². The zero-order chi connectivity index (χ0) is 57.8. The summed E-state index contributed by atoms with van der Waals surface area (Å²) in [6.45, 7) is 6.55. The van der Waals surface area contributed by atoms with Crippen LogP contribution < -0.4 is 0 Å². The normalized spacial score (nSPS) is 12.5. The first-order valence-electron chi connectivity index (χ1n) is 34.9. The molecule has 1 atom stereocenters. The second kappa shape index (κ2) is 68.3. The van der Waals surface area contributed by atoms with Crippen LogP contribution in [0.3, 0.4) is 0 Å². The van der Waals surface area contributed by atoms with E-state index in [1.54, 1.807) is 0 Å². The maximum Gasteiger partial charge on any atom is 0.306 e. The third-order valence-electron chi connectivity index (χ3n) is 15.4. The fourth-order valence-electron chi connectivity index (χ4n) is 10.2. The number of carbonyl (C=O) groups excluding carboxylic acids is 3. The molecule has 0 saturated carbocycles. The van der Waals surface area contributed by atoms with Gasteiger partial charge in [0.15, 0.2) is 6.10 Å². The van der Waals surface area contributed by atoms with E-state index in [-0.39, 0.29) is 31.1 Å². The van der Waals surface area contributed by atoms with E-state index in [0.717, 1.165) is 103 Å². The quantitative estimate of drug-likeness (QED) is 0.0261. The predicted octanol–water partition coefficient (Wildman–Crippen LogP) is 24.1. The van der Waals surface area contributed by atoms with E-state index in [4.69, 9.17) is 14.2 Å². The van der Waals surface area contributed by atoms with Crippen molar-refractivity contribution in [2.75, 3.05) is 13.2 Å². The zero-order valence-electron chi connectivity index (χ0n) is 53.3. The summed E-state index contributed by atoms with van der Waals surface area (Å²) in [7, 11) is 0. The second-order valence-corrected chi connectivity index (χ2v) is 23.4. The fourth-order valence-corrected chi connectivity index (χ4v) is 10.2. The Morgan fingerprint density at radius 3 is 0.787 bits per heavy atom. The minimum atomic E-state index is -0.784. The number of esters is 3. The zero-order valence-corrected chi connectivity index (χ0v) is 53.3. The smallest absolute Gasteiger partial charge is 0.306 e. The van der Waals surface area contributed by atoms with Crippen LogP contribution in [0.4, 0.5) is 0 Å². The van der Waals surface area contributed by atoms with Crippen molar-refractivity contribution >= 4 is 17.9 Å². The Morgan fingerprint density at radius 2 is 0.487 bits per heavy atom. The van der Waals surface area contributed by atoms with E-state index in [1.807, 2.05) is 0 Å². The highest BCUT2D eigenvalue weighted by atomic mass is 16.6. The van der Waals surface area contributed by atoms with Crippen molar-refractivity contribution in [1.82, 2.24) is 0 Å². The average Bonchev–Trinajstić information content (AvgIpc) is 3.46. The second-order valence-electron chi connectivity index (χ2n) is 23.4. The van der Waals surface area contributed by atoms with Gasteiger partial charge in [0.2, 0.25) is 0 Å². The molecular weight excluding hydrogens is 985 g/mol. The summed E-state index contributed by atoms with van der Waals surface area (Å²) in [6.07, 6.45) is 89.2. The van der Waals surface area contributed by atoms with Crippen molar-refractivity contribution in [3.05, 3.63) is 72.9 Å². The molecule has 0 saturated heterocycles. The lowest BCUT2D eigenvalue weighted by Gasteiger charge is -2.18. The highest BCUT2D eigenvalue weighted by Crippen LogP contribution is 2.18. The van der Waals surface area contributed by atoms with Gasteiger partial charge < -0.3 is 14.2 Å². The van der Waals surface area contributed by atoms with Gasteiger partial charge in [-0.25, -0.2) is 0 Å². The molecule has 0 aliphatic heterocycles. The lowest BCUT2D eigenvalue weighted by Crippen LogP contribution is -2.30. The molecule has 0 N–H and O–H groups in total. The molecule has 0 fully saturated rings. The van der Waals surface area contributed by atoms with Crippen LogP contribution >= 0.6 is 0 Å². The van der Waals surface area contributed by atoms with Gasteiger partial charge in [-0.15, -0.1) is 0 Å². The number of ether oxygens (including phenoxy) is 3. The molecule has 0 rings (SSSR count). The maximum absolute atomic E-state index is 13.0. The minimum Gasteiger partial charge on any atom is -0.462 e. The number of carbonyl (C=O) groups is 3. The third-order valence-corrected chi connectivity index (χ3v) is 15.4. The Hall–Kier alpha value is -3.15. The summed E-state index contributed by atoms with van der Waals surface area (Å²) in [5, 5.41) is 0. The Balaban J connectivity index is 4.31. The van der Waals surface area contributed by atoms with Crippen LogP contribution in [0.1, 0.15) is 361 Å². The first-order valence-corrected chi connectivity index (χ1v) is 34.9. The summed E-state index contributed by atoms with van der Waals surface area (Å²) < 4.78 is 17.0. The SMILES string of the molecule is CC/C=C\C/C=C\C/C=C\C/C=C\CCCCCCCCCCCCC(=O)OC(COC(=O)CCCCCCC/C=C\C/C=C\CCCCC)COC(=O)CCCCCCCCCCCCCCCCCCCCCCCCCC. The van der Waals surface area contributed by atoms with Crippen molar-refractivity contribution in [2.45, 2.75) is 367 Å². The largest absolute Gasteiger partial charge is 0.462 e. The molecule has 0 aromatic rings. The van der Waals surface area contributed by atoms with Crippen LogP contribution in [-0.2, 0) is 28.6 Å². The van der Waals surface area contributed by atoms with Crippen molar-refractivity contribution in [3.8, 4) is 0 Å². The number of hydrogen-bond acceptors (Lipinski definition) is 6. The first-order chi connectivity index (χ1) is 39.5. The topological polar surface area (TPSA) is 78.9 Å². The molecule has 0 heterocycles. The van der Waals surface area contributed by atoms with Gasteiger partial charge in [-0.2, -0.15) is 0 Å². The van der Waals surface area contributed by atoms with E-state index in [2.05, 4.69) is 93.7 Å². The van der Waals surface area contributed by atoms with Crippen LogP contribution in [-0.4, -0.2) is 37.2 Å². The molecule has 0 radical (unpaired) electrons. The Bertz CT molecular complexity index is 1470. The Morgan fingerprint density at radius 1 is 0.263 bits per heavy atom. The van der Waals surface area contributed by atoms with Gasteiger partial charge in [0.25, 0.3) is 0 Å². The van der Waals surface area contributed by atoms with E-state index >= 15 is 0 Å². The molecule has 80 heavy (non-hydrogen) atoms. The van der Waals surface area contributed by atoms with E-state index < -0.39 is 6.10 Å². The molecule has 0 aliphatic rings. The van der Waals surface area contributed by atoms with Crippen LogP contribution in [0.2, 0.25) is 0 Å². The molecule has 0 bridgehead atoms. The molecular formula is C74H132O6. The molecule has 1 unspecified atom stereocenters. The van der Waals surface area contributed by atoms with Gasteiger partial charge in [-0.1, -0.05) is 325 Å². The lowest BCUT2D eigenvalue weighted by atomic mass is 10.0. The number of unbranched alkanes of at least 4 members (excludes halogenated alkanes) is 41. The standard InChI is InChI=1S/C74H132O6/c1-4-7-10-13-16-19-22-25-28-30-32-34-36-38-39-41-43-46-49-52-55-58-61-64-67-73(76)79-70-71(69-78-72(75)66-63-60-57-54-51-48-45-27-24-21-18-15-12-9-6-3)80-74(77)68-65-62-59-56-53-50-47-44-42-40-37-35-33-31-29-26-23-20-17-14-11-8-5-2/h8,11,17-18,20-21,26-27,29,33,35,45,71H,4-7,9-10,12-16,19,22-25,28,30-32,34,36-44,46-70H2,1-3H3/b11-8-,20-17-,21-18-,29-26-,35-33-,45-27-. The third kappa shape index (κ3) is 65.7. The molecule has 0 aromatic heterocycles. The molecule has 0 amide bonds. The van der Waals surface area contributed by atoms with Crippen molar-refractivity contribution in [1.29, 1.82) is 0 Å². The van der Waals surface area contributed by atoms with Crippen LogP contribution in [0.5, 0.6) is 0 Å². The lowest BCUT2D eigenvalue weighted by molar-refractivity contribution is -0.167. The van der Waals surface area contributed by atoms with E-state index in [0.29, 0.717) is 19.3 Å². The maximum atomic E-state index is 13.0. The van der Waals surface area contributed by atoms with Crippen LogP contribution in [0, 0.1) is 0 Å². The fraction of sp³-hybridized carbons (Fsp3) is 0.797. The van der Waals surface area contributed by atoms with Crippen molar-refractivity contribution < 1.29 is 28.6 Å². The highest BCUT2D eigenvalue weighted by molar-refractivity contribution is 5.71. The van der Waals surface area contributed by atoms with Gasteiger partial charge in [0, 0.05) is 19.3 Å². The van der Waals surface area contributed by atoms with E-state index in [1.165, 1.54) is 218 Å². The monoisotopic (exact) mass is 1120 g/mol. The number of hydrogen-bond donors (Lipinski definition) is 0. The highest BCUT2D eigenvalue weighted by Gasteiger charge is 2.19. The van der Waals surface area contributed by atoms with Gasteiger partial charge in [0.05, 0.1) is 0 Å². The average molecular weight is 1120 g/mol. The number of allylic oxidation sites excluding steroid dienone is 12. The summed E-state index contributed by atoms with van der Waals surface area (Å²) in [5.41, 5.74) is 0. The molecule has 0 aromatic carbocycles. The molecule has 464 valence electrons. The minimum absolute atomic E-state index is 0.0780. The summed E-state index contributed by atoms with van der Waals surface area (Å²) in [6, 6.07) is 0. The molecule has 0 spiro atoms. The first kappa shape index (κ1) is 76.9. The Kier molecular flexibility index (Phi) is 65.7.